The second-order valence-corrected chi connectivity index (χ2v) is 6.91. The predicted molar refractivity (Wildman–Crippen MR) is 78.8 cm³/mol. The van der Waals surface area contributed by atoms with E-state index >= 15 is 0 Å². The minimum atomic E-state index is 0.809. The Morgan fingerprint density at radius 1 is 1.17 bits per heavy atom. The summed E-state index contributed by atoms with van der Waals surface area (Å²) < 4.78 is 0. The molecule has 1 aliphatic heterocycles. The van der Waals surface area contributed by atoms with Gasteiger partial charge in [0, 0.05) is 6.54 Å². The van der Waals surface area contributed by atoms with Crippen LogP contribution in [0.5, 0.6) is 0 Å². The van der Waals surface area contributed by atoms with E-state index < -0.39 is 0 Å². The lowest BCUT2D eigenvalue weighted by Crippen LogP contribution is -2.34. The highest BCUT2D eigenvalue weighted by molar-refractivity contribution is 4.74. The van der Waals surface area contributed by atoms with Crippen molar-refractivity contribution in [1.29, 1.82) is 0 Å². The summed E-state index contributed by atoms with van der Waals surface area (Å²) in [5.41, 5.74) is 0. The Kier molecular flexibility index (Phi) is 5.97. The molecule has 0 aromatic heterocycles. The highest BCUT2D eigenvalue weighted by Crippen LogP contribution is 2.27. The number of nitrogens with one attached hydrogen (secondary N) is 1. The van der Waals surface area contributed by atoms with Gasteiger partial charge in [-0.25, -0.2) is 0 Å². The maximum absolute atomic E-state index is 3.72. The molecule has 0 spiro atoms. The summed E-state index contributed by atoms with van der Waals surface area (Å²) in [4.78, 5) is 2.63. The molecule has 106 valence electrons. The second kappa shape index (κ2) is 7.49. The van der Waals surface area contributed by atoms with E-state index in [1.165, 1.54) is 71.2 Å². The van der Waals surface area contributed by atoms with Gasteiger partial charge in [0.1, 0.15) is 0 Å². The first kappa shape index (κ1) is 14.3. The van der Waals surface area contributed by atoms with Crippen LogP contribution in [0.2, 0.25) is 0 Å². The van der Waals surface area contributed by atoms with Gasteiger partial charge in [0.25, 0.3) is 0 Å². The van der Waals surface area contributed by atoms with Gasteiger partial charge in [0.05, 0.1) is 0 Å². The molecule has 1 N–H and O–H groups in total. The molecule has 2 aliphatic rings. The number of hydrogen-bond acceptors (Lipinski definition) is 2. The Balaban J connectivity index is 1.53. The molecule has 2 nitrogen and oxygen atoms in total. The molecular formula is C16H32N2. The van der Waals surface area contributed by atoms with E-state index in [4.69, 9.17) is 0 Å². The van der Waals surface area contributed by atoms with Crippen LogP contribution in [0, 0.1) is 17.8 Å². The summed E-state index contributed by atoms with van der Waals surface area (Å²) in [7, 11) is 0. The van der Waals surface area contributed by atoms with Crippen LogP contribution in [0.3, 0.4) is 0 Å². The third-order valence-corrected chi connectivity index (χ3v) is 4.74. The van der Waals surface area contributed by atoms with Crippen molar-refractivity contribution < 1.29 is 0 Å². The van der Waals surface area contributed by atoms with Crippen molar-refractivity contribution in [2.24, 2.45) is 17.8 Å². The number of nitrogens with zero attached hydrogens (tertiary/aromatic N) is 1. The van der Waals surface area contributed by atoms with Crippen molar-refractivity contribution in [2.45, 2.75) is 52.4 Å². The van der Waals surface area contributed by atoms with Crippen molar-refractivity contribution in [3.8, 4) is 0 Å². The first-order chi connectivity index (χ1) is 8.74. The molecule has 0 aromatic rings. The molecule has 0 aromatic carbocycles. The Bertz CT molecular complexity index is 223. The van der Waals surface area contributed by atoms with Crippen LogP contribution in [-0.4, -0.2) is 37.6 Å². The monoisotopic (exact) mass is 252 g/mol. The Morgan fingerprint density at radius 3 is 2.67 bits per heavy atom. The normalized spacial score (nSPS) is 31.7. The summed E-state index contributed by atoms with van der Waals surface area (Å²) in [6, 6.07) is 0. The number of hydrogen-bond donors (Lipinski definition) is 1. The Labute approximate surface area is 114 Å². The van der Waals surface area contributed by atoms with Crippen LogP contribution in [-0.2, 0) is 0 Å². The smallest absolute Gasteiger partial charge is 0.00191 e. The lowest BCUT2D eigenvalue weighted by Gasteiger charge is -2.27. The van der Waals surface area contributed by atoms with E-state index in [1.54, 1.807) is 0 Å². The lowest BCUT2D eigenvalue weighted by molar-refractivity contribution is 0.256. The zero-order valence-electron chi connectivity index (χ0n) is 12.5. The highest BCUT2D eigenvalue weighted by Gasteiger charge is 2.19. The molecular weight excluding hydrogens is 220 g/mol. The fraction of sp³-hybridized carbons (Fsp3) is 1.00. The average Bonchev–Trinajstić information content (AvgIpc) is 2.82. The van der Waals surface area contributed by atoms with E-state index in [-0.39, 0.29) is 0 Å². The van der Waals surface area contributed by atoms with Crippen LogP contribution in [0.15, 0.2) is 0 Å². The van der Waals surface area contributed by atoms with E-state index in [9.17, 15) is 0 Å². The Morgan fingerprint density at radius 2 is 1.94 bits per heavy atom. The van der Waals surface area contributed by atoms with Crippen LogP contribution >= 0.6 is 0 Å². The highest BCUT2D eigenvalue weighted by atomic mass is 15.1. The first-order valence-corrected chi connectivity index (χ1v) is 8.17. The fourth-order valence-electron chi connectivity index (χ4n) is 3.75. The molecule has 2 heteroatoms. The van der Waals surface area contributed by atoms with Gasteiger partial charge in [-0.3, -0.25) is 0 Å². The van der Waals surface area contributed by atoms with Crippen molar-refractivity contribution in [3.63, 3.8) is 0 Å². The van der Waals surface area contributed by atoms with Gasteiger partial charge in [0.15, 0.2) is 0 Å². The predicted octanol–water partition coefficient (Wildman–Crippen LogP) is 3.13. The average molecular weight is 252 g/mol. The zero-order valence-corrected chi connectivity index (χ0v) is 12.5. The van der Waals surface area contributed by atoms with Crippen LogP contribution in [0.1, 0.15) is 52.4 Å². The molecule has 3 atom stereocenters. The van der Waals surface area contributed by atoms with Crippen molar-refractivity contribution >= 4 is 0 Å². The van der Waals surface area contributed by atoms with E-state index in [0.717, 1.165) is 17.8 Å². The van der Waals surface area contributed by atoms with Gasteiger partial charge < -0.3 is 10.2 Å². The largest absolute Gasteiger partial charge is 0.316 e. The van der Waals surface area contributed by atoms with Gasteiger partial charge in [-0.2, -0.15) is 0 Å². The minimum absolute atomic E-state index is 0.809. The third kappa shape index (κ3) is 4.89. The van der Waals surface area contributed by atoms with Gasteiger partial charge in [-0.1, -0.05) is 26.7 Å². The first-order valence-electron chi connectivity index (χ1n) is 8.17. The molecule has 1 heterocycles. The number of likely N-dealkylation sites (tertiary alicyclic amines) is 1. The molecule has 1 saturated carbocycles. The lowest BCUT2D eigenvalue weighted by atomic mass is 9.82. The van der Waals surface area contributed by atoms with Gasteiger partial charge in [0.2, 0.25) is 0 Å². The van der Waals surface area contributed by atoms with Crippen molar-refractivity contribution in [2.75, 3.05) is 32.7 Å². The van der Waals surface area contributed by atoms with Gasteiger partial charge in [-0.15, -0.1) is 0 Å². The Hall–Kier alpha value is -0.0800. The zero-order chi connectivity index (χ0) is 12.8. The second-order valence-electron chi connectivity index (χ2n) is 6.91. The summed E-state index contributed by atoms with van der Waals surface area (Å²) in [6.07, 6.45) is 8.66. The summed E-state index contributed by atoms with van der Waals surface area (Å²) >= 11 is 0. The molecule has 18 heavy (non-hydrogen) atoms. The molecule has 0 bridgehead atoms. The molecule has 0 radical (unpaired) electrons. The SMILES string of the molecule is CC1CCCC(CNCC(C)CN2CCCC2)C1. The van der Waals surface area contributed by atoms with Crippen molar-refractivity contribution in [1.82, 2.24) is 10.2 Å². The third-order valence-electron chi connectivity index (χ3n) is 4.74. The quantitative estimate of drug-likeness (QED) is 0.781. The maximum Gasteiger partial charge on any atom is 0.00191 e. The fourth-order valence-corrected chi connectivity index (χ4v) is 3.75. The van der Waals surface area contributed by atoms with Crippen LogP contribution in [0.25, 0.3) is 0 Å². The summed E-state index contributed by atoms with van der Waals surface area (Å²) in [5.74, 6) is 2.73. The minimum Gasteiger partial charge on any atom is -0.316 e. The summed E-state index contributed by atoms with van der Waals surface area (Å²) in [6.45, 7) is 11.3. The maximum atomic E-state index is 3.72. The van der Waals surface area contributed by atoms with Gasteiger partial charge >= 0.3 is 0 Å². The number of rotatable bonds is 6. The van der Waals surface area contributed by atoms with E-state index in [1.807, 2.05) is 0 Å². The molecule has 2 rings (SSSR count). The molecule has 2 fully saturated rings. The molecule has 3 unspecified atom stereocenters. The van der Waals surface area contributed by atoms with Crippen molar-refractivity contribution in [3.05, 3.63) is 0 Å². The standard InChI is InChI=1S/C16H32N2/c1-14-6-5-7-16(10-14)12-17-11-15(2)13-18-8-3-4-9-18/h14-17H,3-13H2,1-2H3. The summed E-state index contributed by atoms with van der Waals surface area (Å²) in [5, 5.41) is 3.72. The topological polar surface area (TPSA) is 15.3 Å². The van der Waals surface area contributed by atoms with E-state index in [2.05, 4.69) is 24.1 Å². The van der Waals surface area contributed by atoms with E-state index in [0.29, 0.717) is 0 Å². The van der Waals surface area contributed by atoms with Crippen LogP contribution < -0.4 is 5.32 Å². The molecule has 1 saturated heterocycles. The molecule has 0 amide bonds. The van der Waals surface area contributed by atoms with Crippen LogP contribution in [0.4, 0.5) is 0 Å². The molecule has 1 aliphatic carbocycles. The van der Waals surface area contributed by atoms with Gasteiger partial charge in [-0.05, 0) is 69.6 Å².